The van der Waals surface area contributed by atoms with E-state index in [-0.39, 0.29) is 28.5 Å². The van der Waals surface area contributed by atoms with Gasteiger partial charge < -0.3 is 14.8 Å². The number of esters is 1. The fraction of sp³-hybridized carbons (Fsp3) is 0.125. The van der Waals surface area contributed by atoms with Crippen molar-refractivity contribution in [1.82, 2.24) is 3.97 Å². The summed E-state index contributed by atoms with van der Waals surface area (Å²) in [7, 11) is -1.39. The van der Waals surface area contributed by atoms with E-state index in [1.807, 2.05) is 42.5 Å². The van der Waals surface area contributed by atoms with E-state index in [1.54, 1.807) is 54.6 Å². The first-order chi connectivity index (χ1) is 20.2. The molecule has 0 saturated heterocycles. The maximum absolute atomic E-state index is 14.3. The third kappa shape index (κ3) is 5.63. The van der Waals surface area contributed by atoms with Crippen molar-refractivity contribution in [2.45, 2.75) is 28.0 Å². The lowest BCUT2D eigenvalue weighted by molar-refractivity contribution is -0.114. The summed E-state index contributed by atoms with van der Waals surface area (Å²) < 4.78 is 40.4. The highest BCUT2D eigenvalue weighted by molar-refractivity contribution is 7.99. The molecule has 0 bridgehead atoms. The van der Waals surface area contributed by atoms with Crippen molar-refractivity contribution in [2.75, 3.05) is 19.5 Å². The largest absolute Gasteiger partial charge is 0.496 e. The molecule has 8 nitrogen and oxygen atoms in total. The van der Waals surface area contributed by atoms with Crippen LogP contribution in [0.4, 0.5) is 5.69 Å². The molecule has 0 atom stereocenters. The normalized spacial score (nSPS) is 11.3. The molecule has 5 aromatic rings. The van der Waals surface area contributed by atoms with Gasteiger partial charge in [-0.05, 0) is 42.0 Å². The Balaban J connectivity index is 1.82. The average molecular weight is 601 g/mol. The van der Waals surface area contributed by atoms with Gasteiger partial charge in [0.05, 0.1) is 30.3 Å². The maximum atomic E-state index is 14.3. The first kappa shape index (κ1) is 29.0. The van der Waals surface area contributed by atoms with Crippen LogP contribution >= 0.6 is 11.8 Å². The number of benzene rings is 4. The van der Waals surface area contributed by atoms with E-state index in [4.69, 9.17) is 9.47 Å². The lowest BCUT2D eigenvalue weighted by atomic mass is 10.0. The van der Waals surface area contributed by atoms with Crippen molar-refractivity contribution in [3.8, 4) is 5.75 Å². The van der Waals surface area contributed by atoms with Gasteiger partial charge in [0.25, 0.3) is 10.0 Å². The fourth-order valence-electron chi connectivity index (χ4n) is 4.78. The zero-order valence-corrected chi connectivity index (χ0v) is 24.8. The second kappa shape index (κ2) is 12.1. The number of fused-ring (bicyclic) bond motifs is 1. The number of carbonyl (C=O) groups is 2. The molecule has 214 valence electrons. The monoisotopic (exact) mass is 600 g/mol. The number of hydrogen-bond donors (Lipinski definition) is 1. The number of anilines is 1. The van der Waals surface area contributed by atoms with Crippen LogP contribution < -0.4 is 10.1 Å². The highest BCUT2D eigenvalue weighted by Gasteiger charge is 2.29. The van der Waals surface area contributed by atoms with Gasteiger partial charge in [-0.25, -0.2) is 17.2 Å². The van der Waals surface area contributed by atoms with Crippen LogP contribution in [0.25, 0.3) is 10.9 Å². The molecule has 1 heterocycles. The summed E-state index contributed by atoms with van der Waals surface area (Å²) in [5, 5.41) is 3.56. The number of para-hydroxylation sites is 1. The van der Waals surface area contributed by atoms with Crippen molar-refractivity contribution in [3.05, 3.63) is 114 Å². The minimum Gasteiger partial charge on any atom is -0.496 e. The van der Waals surface area contributed by atoms with Crippen molar-refractivity contribution in [1.29, 1.82) is 0 Å². The maximum Gasteiger partial charge on any atom is 0.341 e. The summed E-state index contributed by atoms with van der Waals surface area (Å²) in [6.07, 6.45) is 0.0551. The molecule has 0 aliphatic heterocycles. The van der Waals surface area contributed by atoms with E-state index in [1.165, 1.54) is 36.9 Å². The highest BCUT2D eigenvalue weighted by Crippen LogP contribution is 2.42. The van der Waals surface area contributed by atoms with Gasteiger partial charge in [0.15, 0.2) is 0 Å². The Labute approximate surface area is 248 Å². The lowest BCUT2D eigenvalue weighted by Crippen LogP contribution is -2.17. The van der Waals surface area contributed by atoms with Crippen molar-refractivity contribution in [2.24, 2.45) is 0 Å². The molecule has 4 aromatic carbocycles. The second-order valence-corrected chi connectivity index (χ2v) is 12.2. The summed E-state index contributed by atoms with van der Waals surface area (Å²) in [5.41, 5.74) is 2.03. The summed E-state index contributed by atoms with van der Waals surface area (Å²) in [5.74, 6) is -0.745. The Morgan fingerprint density at radius 3 is 2.17 bits per heavy atom. The van der Waals surface area contributed by atoms with Gasteiger partial charge >= 0.3 is 5.97 Å². The number of hydrogen-bond acceptors (Lipinski definition) is 7. The number of methoxy groups -OCH3 is 2. The minimum absolute atomic E-state index is 0.0551. The Morgan fingerprint density at radius 2 is 1.52 bits per heavy atom. The predicted molar refractivity (Wildman–Crippen MR) is 163 cm³/mol. The molecule has 0 aliphatic rings. The van der Waals surface area contributed by atoms with Gasteiger partial charge in [0.2, 0.25) is 5.91 Å². The first-order valence-corrected chi connectivity index (χ1v) is 15.2. The van der Waals surface area contributed by atoms with Gasteiger partial charge in [-0.2, -0.15) is 0 Å². The van der Waals surface area contributed by atoms with Crippen LogP contribution in [0.2, 0.25) is 0 Å². The molecule has 5 rings (SSSR count). The number of nitrogens with one attached hydrogen (secondary N) is 1. The van der Waals surface area contributed by atoms with Crippen molar-refractivity contribution < 1.29 is 27.5 Å². The Morgan fingerprint density at radius 1 is 0.881 bits per heavy atom. The first-order valence-electron chi connectivity index (χ1n) is 13.0. The third-order valence-corrected chi connectivity index (χ3v) is 9.55. The van der Waals surface area contributed by atoms with Crippen molar-refractivity contribution >= 4 is 50.3 Å². The quantitative estimate of drug-likeness (QED) is 0.196. The van der Waals surface area contributed by atoms with Crippen LogP contribution in [0.1, 0.15) is 28.5 Å². The Bertz CT molecular complexity index is 1890. The zero-order chi connectivity index (χ0) is 29.9. The topological polar surface area (TPSA) is 104 Å². The number of aromatic nitrogens is 1. The van der Waals surface area contributed by atoms with E-state index >= 15 is 0 Å². The third-order valence-electron chi connectivity index (χ3n) is 6.62. The van der Waals surface area contributed by atoms with Gasteiger partial charge in [-0.15, -0.1) is 0 Å². The number of ether oxygens (including phenoxy) is 2. The second-order valence-electron chi connectivity index (χ2n) is 9.35. The lowest BCUT2D eigenvalue weighted by Gasteiger charge is -2.18. The number of carbonyl (C=O) groups excluding carboxylic acids is 2. The fourth-order valence-corrected chi connectivity index (χ4v) is 7.50. The van der Waals surface area contributed by atoms with E-state index in [0.29, 0.717) is 22.5 Å². The molecular formula is C32H28N2O6S2. The molecular weight excluding hydrogens is 572 g/mol. The number of nitrogens with zero attached hydrogens (tertiary/aromatic N) is 1. The van der Waals surface area contributed by atoms with Crippen LogP contribution in [0.15, 0.2) is 112 Å². The zero-order valence-electron chi connectivity index (χ0n) is 23.2. The molecule has 1 N–H and O–H groups in total. The van der Waals surface area contributed by atoms with Crippen LogP contribution in [-0.2, 0) is 26.0 Å². The molecule has 10 heteroatoms. The van der Waals surface area contributed by atoms with Crippen molar-refractivity contribution in [3.63, 3.8) is 0 Å². The van der Waals surface area contributed by atoms with E-state index < -0.39 is 16.0 Å². The van der Waals surface area contributed by atoms with E-state index in [2.05, 4.69) is 5.32 Å². The van der Waals surface area contributed by atoms with E-state index in [0.717, 1.165) is 15.2 Å². The summed E-state index contributed by atoms with van der Waals surface area (Å²) >= 11 is 1.45. The Kier molecular flexibility index (Phi) is 8.37. The molecule has 42 heavy (non-hydrogen) atoms. The molecule has 0 fully saturated rings. The molecule has 0 spiro atoms. The summed E-state index contributed by atoms with van der Waals surface area (Å²) in [6, 6.07) is 28.4. The van der Waals surface area contributed by atoms with Crippen LogP contribution in [0.3, 0.4) is 0 Å². The van der Waals surface area contributed by atoms with Crippen LogP contribution in [0.5, 0.6) is 5.75 Å². The summed E-state index contributed by atoms with van der Waals surface area (Å²) in [4.78, 5) is 26.7. The number of amides is 1. The standard InChI is InChI=1S/C32H28N2O6S2/c1-21(35)33-27-20-30(39-2)26(32(36)40-3)18-22(27)19-29-31(41-23-12-6-4-7-13-23)25-16-10-11-17-28(25)34(29)42(37,38)24-14-8-5-9-15-24/h4-18,20H,19H2,1-3H3,(H,33,35). The number of rotatable bonds is 9. The molecule has 0 radical (unpaired) electrons. The molecule has 1 aromatic heterocycles. The average Bonchev–Trinajstić information content (AvgIpc) is 3.31. The van der Waals surface area contributed by atoms with Gasteiger partial charge in [0, 0.05) is 40.3 Å². The van der Waals surface area contributed by atoms with Crippen LogP contribution in [-0.4, -0.2) is 38.5 Å². The van der Waals surface area contributed by atoms with E-state index in [9.17, 15) is 18.0 Å². The summed E-state index contributed by atoms with van der Waals surface area (Å²) in [6.45, 7) is 1.37. The van der Waals surface area contributed by atoms with Gasteiger partial charge in [0.1, 0.15) is 11.3 Å². The molecule has 0 unspecified atom stereocenters. The highest BCUT2D eigenvalue weighted by atomic mass is 32.2. The molecule has 0 saturated carbocycles. The minimum atomic E-state index is -4.07. The van der Waals surface area contributed by atoms with Crippen LogP contribution in [0, 0.1) is 0 Å². The molecule has 0 aliphatic carbocycles. The predicted octanol–water partition coefficient (Wildman–Crippen LogP) is 6.37. The SMILES string of the molecule is COC(=O)c1cc(Cc2c(Sc3ccccc3)c3ccccc3n2S(=O)(=O)c2ccccc2)c(NC(C)=O)cc1OC. The van der Waals surface area contributed by atoms with Gasteiger partial charge in [-0.3, -0.25) is 4.79 Å². The van der Waals surface area contributed by atoms with Gasteiger partial charge in [-0.1, -0.05) is 66.4 Å². The Hall–Kier alpha value is -4.54. The molecule has 1 amide bonds. The smallest absolute Gasteiger partial charge is 0.341 e.